The number of methoxy groups -OCH3 is 1. The van der Waals surface area contributed by atoms with Crippen molar-refractivity contribution in [3.63, 3.8) is 0 Å². The molecule has 1 aliphatic heterocycles. The van der Waals surface area contributed by atoms with Gasteiger partial charge in [0.1, 0.15) is 24.6 Å². The molecule has 0 saturated carbocycles. The van der Waals surface area contributed by atoms with E-state index in [1.165, 1.54) is 25.7 Å². The van der Waals surface area contributed by atoms with E-state index in [9.17, 15) is 14.7 Å². The van der Waals surface area contributed by atoms with Crippen LogP contribution in [0.5, 0.6) is 5.75 Å². The summed E-state index contributed by atoms with van der Waals surface area (Å²) in [6.45, 7) is 0. The maximum Gasteiger partial charge on any atom is 0.337 e. The average Bonchev–Trinajstić information content (AvgIpc) is 2.69. The van der Waals surface area contributed by atoms with E-state index < -0.39 is 12.0 Å². The molecule has 1 atom stereocenters. The fraction of sp³-hybridized carbons (Fsp3) is 0.100. The quantitative estimate of drug-likeness (QED) is 0.658. The molecule has 0 amide bonds. The first-order valence-electron chi connectivity index (χ1n) is 7.86. The van der Waals surface area contributed by atoms with Gasteiger partial charge in [0, 0.05) is 18.0 Å². The minimum atomic E-state index is -0.426. The highest BCUT2D eigenvalue weighted by Crippen LogP contribution is 2.34. The predicted octanol–water partition coefficient (Wildman–Crippen LogP) is 3.36. The number of carbonyl (C=O) groups is 2. The Hall–Kier alpha value is -3.54. The van der Waals surface area contributed by atoms with Crippen LogP contribution in [0.15, 0.2) is 67.4 Å². The summed E-state index contributed by atoms with van der Waals surface area (Å²) < 4.78 is 9.81. The van der Waals surface area contributed by atoms with Gasteiger partial charge >= 0.3 is 5.97 Å². The third-order valence-electron chi connectivity index (χ3n) is 4.06. The Balaban J connectivity index is 2.10. The second-order valence-electron chi connectivity index (χ2n) is 5.60. The summed E-state index contributed by atoms with van der Waals surface area (Å²) in [4.78, 5) is 25.0. The van der Waals surface area contributed by atoms with Crippen LogP contribution in [0.3, 0.4) is 0 Å². The first-order valence-corrected chi connectivity index (χ1v) is 7.86. The Kier molecular flexibility index (Phi) is 5.03. The standard InChI is InChI=1S/C20H17NO5/c1-25-20(24)15-4-2-14(3-5-15)19(21-8-10-26-11-9-21)18-12-17(23)7-6-16(18)13-22/h2-13,19,23H,1H3. The number of rotatable bonds is 5. The zero-order valence-corrected chi connectivity index (χ0v) is 14.0. The van der Waals surface area contributed by atoms with Crippen molar-refractivity contribution in [3.8, 4) is 5.75 Å². The van der Waals surface area contributed by atoms with Crippen molar-refractivity contribution in [1.82, 2.24) is 4.90 Å². The van der Waals surface area contributed by atoms with Gasteiger partial charge in [-0.15, -0.1) is 0 Å². The van der Waals surface area contributed by atoms with Crippen molar-refractivity contribution < 1.29 is 24.2 Å². The zero-order valence-electron chi connectivity index (χ0n) is 14.0. The molecule has 1 unspecified atom stereocenters. The number of phenolic OH excluding ortho intramolecular Hbond substituents is 1. The van der Waals surface area contributed by atoms with Crippen LogP contribution in [-0.4, -0.2) is 29.4 Å². The summed E-state index contributed by atoms with van der Waals surface area (Å²) in [5.74, 6) is -0.367. The van der Waals surface area contributed by atoms with Gasteiger partial charge in [-0.1, -0.05) is 12.1 Å². The Morgan fingerprint density at radius 2 is 1.85 bits per heavy atom. The van der Waals surface area contributed by atoms with E-state index in [4.69, 9.17) is 9.47 Å². The molecule has 1 N–H and O–H groups in total. The maximum absolute atomic E-state index is 11.7. The summed E-state index contributed by atoms with van der Waals surface area (Å²) in [5, 5.41) is 9.92. The second-order valence-corrected chi connectivity index (χ2v) is 5.60. The van der Waals surface area contributed by atoms with Crippen molar-refractivity contribution in [2.24, 2.45) is 0 Å². The number of phenols is 1. The average molecular weight is 351 g/mol. The number of ether oxygens (including phenoxy) is 2. The highest BCUT2D eigenvalue weighted by molar-refractivity contribution is 5.89. The maximum atomic E-state index is 11.7. The highest BCUT2D eigenvalue weighted by atomic mass is 16.5. The number of aromatic hydroxyl groups is 1. The number of hydrogen-bond donors (Lipinski definition) is 1. The van der Waals surface area contributed by atoms with Crippen LogP contribution < -0.4 is 0 Å². The molecule has 6 nitrogen and oxygen atoms in total. The lowest BCUT2D eigenvalue weighted by molar-refractivity contribution is 0.0600. The molecular formula is C20H17NO5. The molecule has 1 aliphatic rings. The van der Waals surface area contributed by atoms with E-state index in [0.717, 1.165) is 11.8 Å². The largest absolute Gasteiger partial charge is 0.508 e. The van der Waals surface area contributed by atoms with Crippen molar-refractivity contribution in [3.05, 3.63) is 89.6 Å². The SMILES string of the molecule is COC(=O)c1ccc(C(c2cc(O)ccc2C=O)N2C=COC=C2)cc1. The van der Waals surface area contributed by atoms with E-state index in [1.807, 2.05) is 4.90 Å². The molecule has 2 aromatic carbocycles. The smallest absolute Gasteiger partial charge is 0.337 e. The first kappa shape index (κ1) is 17.3. The highest BCUT2D eigenvalue weighted by Gasteiger charge is 2.23. The van der Waals surface area contributed by atoms with E-state index in [1.54, 1.807) is 48.8 Å². The molecular weight excluding hydrogens is 334 g/mol. The predicted molar refractivity (Wildman–Crippen MR) is 94.3 cm³/mol. The normalized spacial score (nSPS) is 13.8. The zero-order chi connectivity index (χ0) is 18.5. The van der Waals surface area contributed by atoms with Crippen LogP contribution in [0, 0.1) is 0 Å². The van der Waals surface area contributed by atoms with E-state index >= 15 is 0 Å². The Morgan fingerprint density at radius 3 is 2.46 bits per heavy atom. The van der Waals surface area contributed by atoms with Gasteiger partial charge < -0.3 is 19.5 Å². The Labute approximate surface area is 150 Å². The van der Waals surface area contributed by atoms with Gasteiger partial charge in [0.25, 0.3) is 0 Å². The summed E-state index contributed by atoms with van der Waals surface area (Å²) in [6, 6.07) is 11.1. The van der Waals surface area contributed by atoms with Gasteiger partial charge in [-0.2, -0.15) is 0 Å². The van der Waals surface area contributed by atoms with Crippen LogP contribution in [-0.2, 0) is 9.47 Å². The molecule has 0 radical (unpaired) electrons. The van der Waals surface area contributed by atoms with Crippen LogP contribution in [0.4, 0.5) is 0 Å². The van der Waals surface area contributed by atoms with E-state index in [2.05, 4.69) is 0 Å². The van der Waals surface area contributed by atoms with E-state index in [0.29, 0.717) is 16.7 Å². The number of benzene rings is 2. The molecule has 1 heterocycles. The van der Waals surface area contributed by atoms with E-state index in [-0.39, 0.29) is 5.75 Å². The van der Waals surface area contributed by atoms with Crippen molar-refractivity contribution >= 4 is 12.3 Å². The fourth-order valence-electron chi connectivity index (χ4n) is 2.82. The van der Waals surface area contributed by atoms with Crippen LogP contribution in [0.2, 0.25) is 0 Å². The van der Waals surface area contributed by atoms with Crippen LogP contribution in [0.1, 0.15) is 37.9 Å². The monoisotopic (exact) mass is 351 g/mol. The Bertz CT molecular complexity index is 858. The van der Waals surface area contributed by atoms with Gasteiger partial charge in [-0.3, -0.25) is 4.79 Å². The fourth-order valence-corrected chi connectivity index (χ4v) is 2.82. The molecule has 0 spiro atoms. The Morgan fingerprint density at radius 1 is 1.15 bits per heavy atom. The van der Waals surface area contributed by atoms with Gasteiger partial charge in [-0.05, 0) is 41.5 Å². The van der Waals surface area contributed by atoms with Gasteiger partial charge in [0.05, 0.1) is 18.7 Å². The van der Waals surface area contributed by atoms with Crippen LogP contribution >= 0.6 is 0 Å². The third-order valence-corrected chi connectivity index (χ3v) is 4.06. The summed E-state index contributed by atoms with van der Waals surface area (Å²) in [7, 11) is 1.32. The minimum Gasteiger partial charge on any atom is -0.508 e. The molecule has 2 aromatic rings. The molecule has 0 aliphatic carbocycles. The van der Waals surface area contributed by atoms with Gasteiger partial charge in [0.15, 0.2) is 0 Å². The topological polar surface area (TPSA) is 76.1 Å². The summed E-state index contributed by atoms with van der Waals surface area (Å²) in [6.07, 6.45) is 7.21. The first-order chi connectivity index (χ1) is 12.6. The molecule has 0 bridgehead atoms. The number of aldehydes is 1. The second kappa shape index (κ2) is 7.57. The lowest BCUT2D eigenvalue weighted by Crippen LogP contribution is -2.22. The van der Waals surface area contributed by atoms with Crippen molar-refractivity contribution in [2.75, 3.05) is 7.11 Å². The number of nitrogens with zero attached hydrogens (tertiary/aromatic N) is 1. The minimum absolute atomic E-state index is 0.0583. The molecule has 0 aromatic heterocycles. The summed E-state index contributed by atoms with van der Waals surface area (Å²) in [5.41, 5.74) is 2.33. The molecule has 0 saturated heterocycles. The number of esters is 1. The third kappa shape index (κ3) is 3.44. The molecule has 3 rings (SSSR count). The molecule has 132 valence electrons. The van der Waals surface area contributed by atoms with Gasteiger partial charge in [0.2, 0.25) is 0 Å². The lowest BCUT2D eigenvalue weighted by Gasteiger charge is -2.30. The summed E-state index contributed by atoms with van der Waals surface area (Å²) >= 11 is 0. The molecule has 26 heavy (non-hydrogen) atoms. The molecule has 0 fully saturated rings. The molecule has 6 heteroatoms. The van der Waals surface area contributed by atoms with Gasteiger partial charge in [-0.25, -0.2) is 4.79 Å². The van der Waals surface area contributed by atoms with Crippen LogP contribution in [0.25, 0.3) is 0 Å². The van der Waals surface area contributed by atoms with Crippen molar-refractivity contribution in [2.45, 2.75) is 6.04 Å². The lowest BCUT2D eigenvalue weighted by atomic mass is 9.93. The van der Waals surface area contributed by atoms with Crippen molar-refractivity contribution in [1.29, 1.82) is 0 Å². The number of carbonyl (C=O) groups excluding carboxylic acids is 2. The number of hydrogen-bond acceptors (Lipinski definition) is 6.